The molecule has 0 aliphatic carbocycles. The molecule has 0 saturated carbocycles. The smallest absolute Gasteiger partial charge is 0.150 e. The molecular formula is C14H17N3O. The topological polar surface area (TPSA) is 39.4 Å². The number of rotatable bonds is 5. The van der Waals surface area contributed by atoms with Crippen molar-refractivity contribution in [1.29, 1.82) is 0 Å². The molecule has 1 aromatic carbocycles. The summed E-state index contributed by atoms with van der Waals surface area (Å²) < 4.78 is 7.24. The van der Waals surface area contributed by atoms with Crippen LogP contribution in [0.4, 0.5) is 0 Å². The molecule has 1 heterocycles. The predicted octanol–water partition coefficient (Wildman–Crippen LogP) is 2.09. The minimum atomic E-state index is 0.729. The molecule has 0 bridgehead atoms. The second-order valence-corrected chi connectivity index (χ2v) is 3.99. The van der Waals surface area contributed by atoms with Crippen LogP contribution in [0.25, 0.3) is 0 Å². The lowest BCUT2D eigenvalue weighted by molar-refractivity contribution is 0.410. The van der Waals surface area contributed by atoms with Crippen LogP contribution in [0.15, 0.2) is 41.7 Å². The third kappa shape index (κ3) is 2.97. The van der Waals surface area contributed by atoms with E-state index in [0.29, 0.717) is 0 Å². The van der Waals surface area contributed by atoms with Gasteiger partial charge < -0.3 is 9.30 Å². The fraction of sp³-hybridized carbons (Fsp3) is 0.286. The van der Waals surface area contributed by atoms with Crippen molar-refractivity contribution in [3.05, 3.63) is 48.0 Å². The Hall–Kier alpha value is -2.10. The molecule has 0 aliphatic heterocycles. The van der Waals surface area contributed by atoms with Crippen molar-refractivity contribution in [2.75, 3.05) is 13.7 Å². The lowest BCUT2D eigenvalue weighted by Gasteiger charge is -2.05. The summed E-state index contributed by atoms with van der Waals surface area (Å²) in [5, 5.41) is 0. The first-order chi connectivity index (χ1) is 8.81. The van der Waals surface area contributed by atoms with Crippen LogP contribution in [0.2, 0.25) is 0 Å². The maximum absolute atomic E-state index is 5.30. The number of imidazole rings is 1. The number of hydrogen-bond acceptors (Lipinski definition) is 3. The van der Waals surface area contributed by atoms with Crippen molar-refractivity contribution in [3.8, 4) is 5.75 Å². The fourth-order valence-corrected chi connectivity index (χ4v) is 1.74. The molecule has 0 fully saturated rings. The minimum Gasteiger partial charge on any atom is -0.496 e. The maximum Gasteiger partial charge on any atom is 0.150 e. The van der Waals surface area contributed by atoms with Crippen molar-refractivity contribution < 1.29 is 4.74 Å². The predicted molar refractivity (Wildman–Crippen MR) is 72.4 cm³/mol. The number of ether oxygens (including phenoxy) is 1. The van der Waals surface area contributed by atoms with Gasteiger partial charge in [0.1, 0.15) is 11.6 Å². The Morgan fingerprint density at radius 2 is 2.22 bits per heavy atom. The van der Waals surface area contributed by atoms with Crippen LogP contribution in [0.5, 0.6) is 5.75 Å². The minimum absolute atomic E-state index is 0.729. The van der Waals surface area contributed by atoms with Crippen LogP contribution >= 0.6 is 0 Å². The molecule has 1 aromatic heterocycles. The monoisotopic (exact) mass is 243 g/mol. The molecule has 4 nitrogen and oxygen atoms in total. The summed E-state index contributed by atoms with van der Waals surface area (Å²) in [6.45, 7) is 0.729. The molecule has 94 valence electrons. The quantitative estimate of drug-likeness (QED) is 0.754. The molecule has 2 aromatic rings. The molecule has 0 radical (unpaired) electrons. The highest BCUT2D eigenvalue weighted by molar-refractivity contribution is 5.74. The molecule has 0 saturated heterocycles. The standard InChI is InChI=1S/C14H17N3O/c1-17-10-9-16-14(17)11-15-8-7-12-5-3-4-6-13(12)18-2/h3-6,9-11H,7-8H2,1-2H3. The first kappa shape index (κ1) is 12.4. The fourth-order valence-electron chi connectivity index (χ4n) is 1.74. The van der Waals surface area contributed by atoms with E-state index in [9.17, 15) is 0 Å². The van der Waals surface area contributed by atoms with Gasteiger partial charge in [-0.2, -0.15) is 0 Å². The van der Waals surface area contributed by atoms with Gasteiger partial charge >= 0.3 is 0 Å². The van der Waals surface area contributed by atoms with Crippen molar-refractivity contribution >= 4 is 6.21 Å². The molecule has 0 spiro atoms. The van der Waals surface area contributed by atoms with E-state index in [1.54, 1.807) is 19.5 Å². The molecule has 2 rings (SSSR count). The Morgan fingerprint density at radius 3 is 2.94 bits per heavy atom. The number of aromatic nitrogens is 2. The van der Waals surface area contributed by atoms with Gasteiger partial charge in [0.25, 0.3) is 0 Å². The van der Waals surface area contributed by atoms with Crippen LogP contribution < -0.4 is 4.74 Å². The van der Waals surface area contributed by atoms with Gasteiger partial charge in [0.2, 0.25) is 0 Å². The van der Waals surface area contributed by atoms with Gasteiger partial charge in [-0.25, -0.2) is 4.98 Å². The van der Waals surface area contributed by atoms with E-state index in [2.05, 4.69) is 16.0 Å². The second-order valence-electron chi connectivity index (χ2n) is 3.99. The summed E-state index contributed by atoms with van der Waals surface area (Å²) in [6.07, 6.45) is 6.34. The van der Waals surface area contributed by atoms with E-state index in [-0.39, 0.29) is 0 Å². The summed E-state index contributed by atoms with van der Waals surface area (Å²) in [5.74, 6) is 1.79. The summed E-state index contributed by atoms with van der Waals surface area (Å²) in [6, 6.07) is 8.02. The largest absolute Gasteiger partial charge is 0.496 e. The van der Waals surface area contributed by atoms with Crippen molar-refractivity contribution in [2.24, 2.45) is 12.0 Å². The van der Waals surface area contributed by atoms with Gasteiger partial charge in [-0.05, 0) is 18.1 Å². The molecule has 4 heteroatoms. The summed E-state index contributed by atoms with van der Waals surface area (Å²) in [5.41, 5.74) is 1.18. The van der Waals surface area contributed by atoms with Crippen LogP contribution in [0, 0.1) is 0 Å². The van der Waals surface area contributed by atoms with Gasteiger partial charge in [0, 0.05) is 26.0 Å². The van der Waals surface area contributed by atoms with Gasteiger partial charge in [-0.1, -0.05) is 18.2 Å². The van der Waals surface area contributed by atoms with Gasteiger partial charge in [0.05, 0.1) is 13.3 Å². The molecular weight excluding hydrogens is 226 g/mol. The average Bonchev–Trinajstić information content (AvgIpc) is 2.81. The van der Waals surface area contributed by atoms with Gasteiger partial charge in [-0.3, -0.25) is 4.99 Å². The Kier molecular flexibility index (Phi) is 4.12. The lowest BCUT2D eigenvalue weighted by Crippen LogP contribution is -1.98. The van der Waals surface area contributed by atoms with E-state index >= 15 is 0 Å². The zero-order chi connectivity index (χ0) is 12.8. The number of aliphatic imine (C=N–C) groups is 1. The lowest BCUT2D eigenvalue weighted by atomic mass is 10.1. The first-order valence-corrected chi connectivity index (χ1v) is 5.90. The zero-order valence-electron chi connectivity index (χ0n) is 10.7. The Balaban J connectivity index is 1.92. The maximum atomic E-state index is 5.30. The Morgan fingerprint density at radius 1 is 1.39 bits per heavy atom. The summed E-state index contributed by atoms with van der Waals surface area (Å²) >= 11 is 0. The number of methoxy groups -OCH3 is 1. The van der Waals surface area contributed by atoms with Crippen LogP contribution in [0.3, 0.4) is 0 Å². The normalized spacial score (nSPS) is 11.0. The van der Waals surface area contributed by atoms with Crippen LogP contribution in [-0.4, -0.2) is 29.4 Å². The van der Waals surface area contributed by atoms with E-state index < -0.39 is 0 Å². The highest BCUT2D eigenvalue weighted by Gasteiger charge is 2.00. The van der Waals surface area contributed by atoms with Gasteiger partial charge in [0.15, 0.2) is 0 Å². The van der Waals surface area contributed by atoms with Crippen molar-refractivity contribution in [2.45, 2.75) is 6.42 Å². The third-order valence-corrected chi connectivity index (χ3v) is 2.77. The average molecular weight is 243 g/mol. The van der Waals surface area contributed by atoms with Crippen LogP contribution in [-0.2, 0) is 13.5 Å². The molecule has 0 atom stereocenters. The molecule has 0 aliphatic rings. The Bertz CT molecular complexity index is 531. The third-order valence-electron chi connectivity index (χ3n) is 2.77. The van der Waals surface area contributed by atoms with Gasteiger partial charge in [-0.15, -0.1) is 0 Å². The van der Waals surface area contributed by atoms with Crippen molar-refractivity contribution in [1.82, 2.24) is 9.55 Å². The highest BCUT2D eigenvalue weighted by atomic mass is 16.5. The summed E-state index contributed by atoms with van der Waals surface area (Å²) in [4.78, 5) is 8.56. The van der Waals surface area contributed by atoms with E-state index in [1.807, 2.05) is 36.0 Å². The van der Waals surface area contributed by atoms with Crippen molar-refractivity contribution in [3.63, 3.8) is 0 Å². The van der Waals surface area contributed by atoms with Crippen LogP contribution in [0.1, 0.15) is 11.4 Å². The second kappa shape index (κ2) is 6.00. The SMILES string of the molecule is COc1ccccc1CCN=Cc1nccn1C. The molecule has 0 N–H and O–H groups in total. The number of hydrogen-bond donors (Lipinski definition) is 0. The first-order valence-electron chi connectivity index (χ1n) is 5.90. The van der Waals surface area contributed by atoms with E-state index in [4.69, 9.17) is 4.74 Å². The molecule has 18 heavy (non-hydrogen) atoms. The number of benzene rings is 1. The molecule has 0 amide bonds. The summed E-state index contributed by atoms with van der Waals surface area (Å²) in [7, 11) is 3.64. The number of para-hydroxylation sites is 1. The number of nitrogens with zero attached hydrogens (tertiary/aromatic N) is 3. The number of aryl methyl sites for hydroxylation is 1. The van der Waals surface area contributed by atoms with E-state index in [0.717, 1.165) is 24.5 Å². The Labute approximate surface area is 107 Å². The molecule has 0 unspecified atom stereocenters. The zero-order valence-corrected chi connectivity index (χ0v) is 10.7. The van der Waals surface area contributed by atoms with E-state index in [1.165, 1.54) is 5.56 Å². The highest BCUT2D eigenvalue weighted by Crippen LogP contribution is 2.17.